The molecule has 1 fully saturated rings. The predicted octanol–water partition coefficient (Wildman–Crippen LogP) is -0.138. The van der Waals surface area contributed by atoms with Crippen LogP contribution in [0.4, 0.5) is 5.95 Å². The van der Waals surface area contributed by atoms with Crippen molar-refractivity contribution in [3.05, 3.63) is 18.0 Å². The zero-order valence-corrected chi connectivity index (χ0v) is 11.6. The van der Waals surface area contributed by atoms with Crippen LogP contribution in [-0.2, 0) is 6.61 Å². The van der Waals surface area contributed by atoms with Crippen LogP contribution < -0.4 is 4.90 Å². The van der Waals surface area contributed by atoms with E-state index < -0.39 is 5.60 Å². The van der Waals surface area contributed by atoms with Gasteiger partial charge >= 0.3 is 0 Å². The van der Waals surface area contributed by atoms with Gasteiger partial charge in [0.2, 0.25) is 5.95 Å². The molecule has 1 aromatic rings. The number of anilines is 1. The highest BCUT2D eigenvalue weighted by atomic mass is 16.3. The van der Waals surface area contributed by atoms with Gasteiger partial charge in [0.1, 0.15) is 0 Å². The molecule has 2 rings (SSSR count). The summed E-state index contributed by atoms with van der Waals surface area (Å²) in [6.07, 6.45) is 3.32. The summed E-state index contributed by atoms with van der Waals surface area (Å²) >= 11 is 0. The lowest BCUT2D eigenvalue weighted by molar-refractivity contribution is 0.0344. The van der Waals surface area contributed by atoms with Gasteiger partial charge in [0, 0.05) is 50.7 Å². The highest BCUT2D eigenvalue weighted by molar-refractivity contribution is 5.30. The van der Waals surface area contributed by atoms with Crippen LogP contribution in [0, 0.1) is 0 Å². The second-order valence-corrected chi connectivity index (χ2v) is 5.63. The average Bonchev–Trinajstić information content (AvgIpc) is 2.38. The minimum atomic E-state index is -0.651. The van der Waals surface area contributed by atoms with Crippen molar-refractivity contribution in [1.82, 2.24) is 14.9 Å². The molecule has 0 unspecified atom stereocenters. The second-order valence-electron chi connectivity index (χ2n) is 5.63. The van der Waals surface area contributed by atoms with E-state index in [1.54, 1.807) is 12.4 Å². The Morgan fingerprint density at radius 1 is 1.16 bits per heavy atom. The Balaban J connectivity index is 1.88. The van der Waals surface area contributed by atoms with Gasteiger partial charge in [-0.1, -0.05) is 0 Å². The van der Waals surface area contributed by atoms with Gasteiger partial charge in [0.05, 0.1) is 12.2 Å². The van der Waals surface area contributed by atoms with Gasteiger partial charge in [-0.3, -0.25) is 4.90 Å². The third-order valence-electron chi connectivity index (χ3n) is 3.14. The van der Waals surface area contributed by atoms with Gasteiger partial charge in [-0.25, -0.2) is 9.97 Å². The smallest absolute Gasteiger partial charge is 0.225 e. The van der Waals surface area contributed by atoms with Crippen molar-refractivity contribution in [1.29, 1.82) is 0 Å². The summed E-state index contributed by atoms with van der Waals surface area (Å²) in [7, 11) is 0. The van der Waals surface area contributed by atoms with E-state index in [4.69, 9.17) is 5.11 Å². The molecule has 6 heteroatoms. The number of β-amino-alcohol motifs (C(OH)–C–C–N with tert-alkyl or cyclic N) is 1. The van der Waals surface area contributed by atoms with E-state index in [2.05, 4.69) is 19.8 Å². The van der Waals surface area contributed by atoms with E-state index in [-0.39, 0.29) is 6.61 Å². The number of aliphatic hydroxyl groups is 2. The Kier molecular flexibility index (Phi) is 4.34. The quantitative estimate of drug-likeness (QED) is 0.790. The van der Waals surface area contributed by atoms with E-state index in [1.807, 2.05) is 13.8 Å². The first kappa shape index (κ1) is 14.2. The molecule has 2 N–H and O–H groups in total. The molecule has 2 heterocycles. The maximum Gasteiger partial charge on any atom is 0.225 e. The Labute approximate surface area is 113 Å². The number of aromatic nitrogens is 2. The summed E-state index contributed by atoms with van der Waals surface area (Å²) in [5.74, 6) is 0.708. The lowest BCUT2D eigenvalue weighted by Crippen LogP contribution is -2.50. The van der Waals surface area contributed by atoms with Gasteiger partial charge in [0.25, 0.3) is 0 Å². The maximum absolute atomic E-state index is 9.81. The van der Waals surface area contributed by atoms with E-state index >= 15 is 0 Å². The molecule has 0 radical (unpaired) electrons. The Morgan fingerprint density at radius 2 is 1.74 bits per heavy atom. The van der Waals surface area contributed by atoms with Gasteiger partial charge in [-0.15, -0.1) is 0 Å². The molecule has 0 aromatic carbocycles. The number of aliphatic hydroxyl groups excluding tert-OH is 1. The minimum Gasteiger partial charge on any atom is -0.392 e. The van der Waals surface area contributed by atoms with Crippen molar-refractivity contribution in [2.45, 2.75) is 26.1 Å². The predicted molar refractivity (Wildman–Crippen MR) is 72.9 cm³/mol. The first-order valence-corrected chi connectivity index (χ1v) is 6.59. The molecule has 0 aliphatic carbocycles. The highest BCUT2D eigenvalue weighted by Crippen LogP contribution is 2.13. The monoisotopic (exact) mass is 266 g/mol. The Hall–Kier alpha value is -1.24. The highest BCUT2D eigenvalue weighted by Gasteiger charge is 2.23. The molecule has 1 aliphatic rings. The number of rotatable bonds is 4. The summed E-state index contributed by atoms with van der Waals surface area (Å²) in [5, 5.41) is 18.8. The average molecular weight is 266 g/mol. The normalized spacial score (nSPS) is 17.8. The third kappa shape index (κ3) is 4.12. The van der Waals surface area contributed by atoms with Crippen molar-refractivity contribution < 1.29 is 10.2 Å². The van der Waals surface area contributed by atoms with Gasteiger partial charge in [-0.2, -0.15) is 0 Å². The topological polar surface area (TPSA) is 72.7 Å². The molecule has 0 saturated carbocycles. The number of hydrogen-bond donors (Lipinski definition) is 2. The standard InChI is InChI=1S/C13H22N4O2/c1-13(2,19)10-16-3-5-17(6-4-16)12-14-7-11(9-18)8-15-12/h7-8,18-19H,3-6,9-10H2,1-2H3. The molecule has 106 valence electrons. The van der Waals surface area contributed by atoms with Crippen LogP contribution in [0.5, 0.6) is 0 Å². The van der Waals surface area contributed by atoms with E-state index in [1.165, 1.54) is 0 Å². The van der Waals surface area contributed by atoms with E-state index in [9.17, 15) is 5.11 Å². The third-order valence-corrected chi connectivity index (χ3v) is 3.14. The summed E-state index contributed by atoms with van der Waals surface area (Å²) in [5.41, 5.74) is 0.0750. The zero-order valence-electron chi connectivity index (χ0n) is 11.6. The SMILES string of the molecule is CC(C)(O)CN1CCN(c2ncc(CO)cn2)CC1. The van der Waals surface area contributed by atoms with Crippen molar-refractivity contribution in [3.63, 3.8) is 0 Å². The van der Waals surface area contributed by atoms with Crippen molar-refractivity contribution in [2.75, 3.05) is 37.6 Å². The Bertz CT molecular complexity index is 394. The van der Waals surface area contributed by atoms with E-state index in [0.29, 0.717) is 12.5 Å². The number of hydrogen-bond acceptors (Lipinski definition) is 6. The minimum absolute atomic E-state index is 0.0281. The van der Waals surface area contributed by atoms with Crippen LogP contribution in [0.2, 0.25) is 0 Å². The lowest BCUT2D eigenvalue weighted by atomic mass is 10.1. The molecule has 0 spiro atoms. The molecule has 0 atom stereocenters. The van der Waals surface area contributed by atoms with Crippen molar-refractivity contribution >= 4 is 5.95 Å². The van der Waals surface area contributed by atoms with Gasteiger partial charge in [0.15, 0.2) is 0 Å². The van der Waals surface area contributed by atoms with Crippen molar-refractivity contribution in [3.8, 4) is 0 Å². The summed E-state index contributed by atoms with van der Waals surface area (Å²) in [4.78, 5) is 12.9. The molecule has 0 bridgehead atoms. The molecule has 1 aliphatic heterocycles. The van der Waals surface area contributed by atoms with Crippen molar-refractivity contribution in [2.24, 2.45) is 0 Å². The van der Waals surface area contributed by atoms with E-state index in [0.717, 1.165) is 31.7 Å². The summed E-state index contributed by atoms with van der Waals surface area (Å²) in [6, 6.07) is 0. The van der Waals surface area contributed by atoms with Gasteiger partial charge in [-0.05, 0) is 13.8 Å². The van der Waals surface area contributed by atoms with Crippen LogP contribution in [0.15, 0.2) is 12.4 Å². The lowest BCUT2D eigenvalue weighted by Gasteiger charge is -2.37. The fourth-order valence-electron chi connectivity index (χ4n) is 2.25. The van der Waals surface area contributed by atoms with Crippen LogP contribution in [0.3, 0.4) is 0 Å². The maximum atomic E-state index is 9.81. The fraction of sp³-hybridized carbons (Fsp3) is 0.692. The van der Waals surface area contributed by atoms with Crippen LogP contribution in [0.25, 0.3) is 0 Å². The van der Waals surface area contributed by atoms with Gasteiger partial charge < -0.3 is 15.1 Å². The first-order valence-electron chi connectivity index (χ1n) is 6.59. The first-order chi connectivity index (χ1) is 8.98. The van der Waals surface area contributed by atoms with Crippen LogP contribution in [-0.4, -0.2) is 63.4 Å². The van der Waals surface area contributed by atoms with Crippen LogP contribution in [0.1, 0.15) is 19.4 Å². The zero-order chi connectivity index (χ0) is 13.9. The second kappa shape index (κ2) is 5.81. The fourth-order valence-corrected chi connectivity index (χ4v) is 2.25. The van der Waals surface area contributed by atoms with Crippen LogP contribution >= 0.6 is 0 Å². The number of piperazine rings is 1. The summed E-state index contributed by atoms with van der Waals surface area (Å²) in [6.45, 7) is 7.82. The molecule has 1 saturated heterocycles. The molecular weight excluding hydrogens is 244 g/mol. The molecule has 1 aromatic heterocycles. The molecule has 6 nitrogen and oxygen atoms in total. The molecule has 19 heavy (non-hydrogen) atoms. The Morgan fingerprint density at radius 3 is 2.21 bits per heavy atom. The largest absolute Gasteiger partial charge is 0.392 e. The summed E-state index contributed by atoms with van der Waals surface area (Å²) < 4.78 is 0. The number of nitrogens with zero attached hydrogens (tertiary/aromatic N) is 4. The molecular formula is C13H22N4O2. The molecule has 0 amide bonds.